The number of nitriles is 2. The van der Waals surface area contributed by atoms with Gasteiger partial charge < -0.3 is 25.3 Å². The van der Waals surface area contributed by atoms with Crippen molar-refractivity contribution in [1.82, 2.24) is 25.0 Å². The topological polar surface area (TPSA) is 171 Å². The van der Waals surface area contributed by atoms with Gasteiger partial charge in [0.2, 0.25) is 0 Å². The third-order valence-electron chi connectivity index (χ3n) is 10.3. The van der Waals surface area contributed by atoms with Gasteiger partial charge in [-0.25, -0.2) is 19.0 Å². The number of likely N-dealkylation sites (N-methyl/N-ethyl adjacent to an activating group) is 1. The molecular weight excluding hydrogens is 777 g/mol. The van der Waals surface area contributed by atoms with Crippen LogP contribution in [0.4, 0.5) is 36.6 Å². The molecule has 3 N–H and O–H groups in total. The molecule has 4 heterocycles. The first-order chi connectivity index (χ1) is 27.1. The first-order valence-electron chi connectivity index (χ1n) is 17.7. The van der Waals surface area contributed by atoms with Crippen LogP contribution in [-0.4, -0.2) is 99.5 Å². The van der Waals surface area contributed by atoms with Gasteiger partial charge in [-0.1, -0.05) is 30.3 Å². The summed E-state index contributed by atoms with van der Waals surface area (Å²) in [5.41, 5.74) is 3.63. The van der Waals surface area contributed by atoms with Crippen LogP contribution >= 0.6 is 0 Å². The summed E-state index contributed by atoms with van der Waals surface area (Å²) in [5, 5.41) is 45.2. The summed E-state index contributed by atoms with van der Waals surface area (Å²) < 4.78 is 82.7. The maximum atomic E-state index is 17.1. The standard InChI is InChI=1S/C35H35FN8.2C2HF3O2/c1-21-15-27-32(31(36)29(21)26-10-6-8-22-7-5-9-23(17-38)30(22)26)41-34(43-19-35(2,20-43)42(3)4)28-18-40-44(33(27)28)25-12-14-39-24(16-25)11-13-37;2*3-2(4,5)1(6)7/h5-10,15,18,24-25,39H,11-12,14,16,19-20H2,1-4H3;2*(H,6,7)/t24-,25+;;/m1../s1. The number of carboxylic acids is 2. The van der Waals surface area contributed by atoms with Crippen LogP contribution in [-0.2, 0) is 9.59 Å². The molecule has 2 fully saturated rings. The van der Waals surface area contributed by atoms with E-state index in [0.717, 1.165) is 70.9 Å². The molecule has 2 aromatic heterocycles. The molecule has 0 spiro atoms. The van der Waals surface area contributed by atoms with Gasteiger partial charge in [-0.05, 0) is 76.0 Å². The lowest BCUT2D eigenvalue weighted by atomic mass is 9.89. The number of pyridine rings is 1. The smallest absolute Gasteiger partial charge is 0.475 e. The number of piperidine rings is 1. The van der Waals surface area contributed by atoms with Gasteiger partial charge in [-0.3, -0.25) is 4.68 Å². The molecule has 5 aromatic rings. The van der Waals surface area contributed by atoms with Gasteiger partial charge >= 0.3 is 24.3 Å². The first-order valence-corrected chi connectivity index (χ1v) is 17.7. The Morgan fingerprint density at radius 3 is 2.17 bits per heavy atom. The molecule has 2 atom stereocenters. The zero-order chi connectivity index (χ0) is 42.9. The van der Waals surface area contributed by atoms with Gasteiger partial charge in [0, 0.05) is 35.5 Å². The van der Waals surface area contributed by atoms with Crippen LogP contribution < -0.4 is 10.2 Å². The minimum atomic E-state index is -5.08. The molecule has 306 valence electrons. The summed E-state index contributed by atoms with van der Waals surface area (Å²) in [4.78, 5) is 27.3. The third-order valence-corrected chi connectivity index (χ3v) is 10.3. The number of benzene rings is 3. The van der Waals surface area contributed by atoms with Gasteiger partial charge in [-0.2, -0.15) is 42.0 Å². The van der Waals surface area contributed by atoms with E-state index >= 15 is 4.39 Å². The van der Waals surface area contributed by atoms with Gasteiger partial charge in [-0.15, -0.1) is 0 Å². The summed E-state index contributed by atoms with van der Waals surface area (Å²) in [6.45, 7) is 6.49. The molecule has 0 amide bonds. The van der Waals surface area contributed by atoms with Crippen LogP contribution in [0.2, 0.25) is 0 Å². The molecule has 0 radical (unpaired) electrons. The predicted molar refractivity (Wildman–Crippen MR) is 199 cm³/mol. The zero-order valence-corrected chi connectivity index (χ0v) is 31.5. The number of aromatic nitrogens is 3. The van der Waals surface area contributed by atoms with Crippen LogP contribution in [0.5, 0.6) is 0 Å². The molecule has 19 heteroatoms. The highest BCUT2D eigenvalue weighted by Gasteiger charge is 2.43. The highest BCUT2D eigenvalue weighted by Crippen LogP contribution is 2.43. The first kappa shape index (κ1) is 43.1. The van der Waals surface area contributed by atoms with Gasteiger partial charge in [0.1, 0.15) is 11.3 Å². The van der Waals surface area contributed by atoms with E-state index in [1.54, 1.807) is 6.07 Å². The molecule has 0 bridgehead atoms. The number of carboxylic acid groups (broad SMARTS) is 2. The summed E-state index contributed by atoms with van der Waals surface area (Å²) in [5.74, 6) is -5.16. The van der Waals surface area contributed by atoms with Crippen molar-refractivity contribution in [3.05, 3.63) is 65.6 Å². The molecule has 0 aliphatic carbocycles. The Hall–Kier alpha value is -6.05. The molecule has 3 aromatic carbocycles. The molecule has 0 saturated carbocycles. The third kappa shape index (κ3) is 8.60. The van der Waals surface area contributed by atoms with E-state index in [2.05, 4.69) is 53.0 Å². The second-order valence-corrected chi connectivity index (χ2v) is 14.4. The Bertz CT molecular complexity index is 2430. The lowest BCUT2D eigenvalue weighted by molar-refractivity contribution is -0.193. The predicted octanol–water partition coefficient (Wildman–Crippen LogP) is 7.34. The second kappa shape index (κ2) is 16.4. The van der Waals surface area contributed by atoms with Crippen LogP contribution in [0.1, 0.15) is 43.4 Å². The maximum absolute atomic E-state index is 17.1. The summed E-state index contributed by atoms with van der Waals surface area (Å²) in [6, 6.07) is 18.2. The number of alkyl halides is 6. The molecule has 12 nitrogen and oxygen atoms in total. The monoisotopic (exact) mass is 814 g/mol. The molecule has 2 aliphatic heterocycles. The number of halogens is 7. The lowest BCUT2D eigenvalue weighted by Crippen LogP contribution is -2.67. The van der Waals surface area contributed by atoms with E-state index in [1.807, 2.05) is 49.5 Å². The highest BCUT2D eigenvalue weighted by molar-refractivity contribution is 6.11. The number of nitrogens with zero attached hydrogens (tertiary/aromatic N) is 7. The molecule has 0 unspecified atom stereocenters. The number of aliphatic carboxylic acids is 2. The zero-order valence-electron chi connectivity index (χ0n) is 31.5. The van der Waals surface area contributed by atoms with Crippen LogP contribution in [0.15, 0.2) is 48.7 Å². The molecular formula is C39H37F7N8O4. The summed E-state index contributed by atoms with van der Waals surface area (Å²) in [7, 11) is 4.17. The average Bonchev–Trinajstić information content (AvgIpc) is 3.59. The van der Waals surface area contributed by atoms with Crippen molar-refractivity contribution in [2.45, 2.75) is 63.1 Å². The fraction of sp³-hybridized carbons (Fsp3) is 0.385. The molecule has 2 aliphatic rings. The summed E-state index contributed by atoms with van der Waals surface area (Å²) in [6.07, 6.45) is -6.20. The Morgan fingerprint density at radius 2 is 1.62 bits per heavy atom. The van der Waals surface area contributed by atoms with Crippen molar-refractivity contribution in [3.8, 4) is 23.3 Å². The highest BCUT2D eigenvalue weighted by atomic mass is 19.4. The quantitative estimate of drug-likeness (QED) is 0.152. The van der Waals surface area contributed by atoms with E-state index in [0.29, 0.717) is 28.6 Å². The van der Waals surface area contributed by atoms with Crippen LogP contribution in [0.25, 0.3) is 43.7 Å². The van der Waals surface area contributed by atoms with Crippen LogP contribution in [0, 0.1) is 35.4 Å². The fourth-order valence-corrected chi connectivity index (χ4v) is 7.19. The average molecular weight is 815 g/mol. The largest absolute Gasteiger partial charge is 0.490 e. The van der Waals surface area contributed by atoms with E-state index in [-0.39, 0.29) is 23.4 Å². The van der Waals surface area contributed by atoms with Gasteiger partial charge in [0.25, 0.3) is 0 Å². The summed E-state index contributed by atoms with van der Waals surface area (Å²) >= 11 is 0. The van der Waals surface area contributed by atoms with E-state index in [4.69, 9.17) is 29.9 Å². The van der Waals surface area contributed by atoms with E-state index in [1.165, 1.54) is 0 Å². The number of aryl methyl sites for hydroxylation is 1. The number of anilines is 1. The number of nitrogens with one attached hydrogen (secondary N) is 1. The van der Waals surface area contributed by atoms with Crippen LogP contribution in [0.3, 0.4) is 0 Å². The Morgan fingerprint density at radius 1 is 1.02 bits per heavy atom. The minimum Gasteiger partial charge on any atom is -0.475 e. The number of fused-ring (bicyclic) bond motifs is 4. The lowest BCUT2D eigenvalue weighted by Gasteiger charge is -2.52. The Kier molecular flexibility index (Phi) is 12.2. The normalized spacial score (nSPS) is 17.7. The van der Waals surface area contributed by atoms with Crippen molar-refractivity contribution in [2.75, 3.05) is 38.6 Å². The van der Waals surface area contributed by atoms with Crippen molar-refractivity contribution in [3.63, 3.8) is 0 Å². The number of rotatable bonds is 5. The Balaban J connectivity index is 0.000000393. The Labute approximate surface area is 326 Å². The molecule has 58 heavy (non-hydrogen) atoms. The number of hydrogen-bond donors (Lipinski definition) is 3. The van der Waals surface area contributed by atoms with Crippen molar-refractivity contribution in [2.24, 2.45) is 0 Å². The second-order valence-electron chi connectivity index (χ2n) is 14.4. The van der Waals surface area contributed by atoms with E-state index < -0.39 is 24.3 Å². The maximum Gasteiger partial charge on any atom is 0.490 e. The number of carbonyl (C=O) groups is 2. The fourth-order valence-electron chi connectivity index (χ4n) is 7.19. The van der Waals surface area contributed by atoms with E-state index in [9.17, 15) is 36.9 Å². The number of hydrogen-bond acceptors (Lipinski definition) is 9. The molecule has 2 saturated heterocycles. The molecule has 7 rings (SSSR count). The minimum absolute atomic E-state index is 0.00780. The van der Waals surface area contributed by atoms with Crippen molar-refractivity contribution >= 4 is 50.3 Å². The van der Waals surface area contributed by atoms with Gasteiger partial charge in [0.05, 0.1) is 52.8 Å². The van der Waals surface area contributed by atoms with Gasteiger partial charge in [0.15, 0.2) is 5.82 Å². The SMILES string of the molecule is Cc1cc2c(nc(N3CC(C)(N(C)C)C3)c3cnn([C@H]4CCN[C@H](CC#N)C4)c32)c(F)c1-c1cccc2cccc(C#N)c12.O=C(O)C(F)(F)F.O=C(O)C(F)(F)F. The van der Waals surface area contributed by atoms with Crippen molar-refractivity contribution in [1.29, 1.82) is 10.5 Å². The van der Waals surface area contributed by atoms with Crippen molar-refractivity contribution < 1.29 is 50.5 Å².